The van der Waals surface area contributed by atoms with Gasteiger partial charge in [0.05, 0.1) is 0 Å². The molecule has 0 radical (unpaired) electrons. The molecule has 0 unspecified atom stereocenters. The summed E-state index contributed by atoms with van der Waals surface area (Å²) in [5.41, 5.74) is 0. The first-order valence-corrected chi connectivity index (χ1v) is 29.6. The van der Waals surface area contributed by atoms with E-state index in [1.807, 2.05) is 22.7 Å². The zero-order chi connectivity index (χ0) is 15.7. The fourth-order valence-corrected chi connectivity index (χ4v) is 19.1. The minimum atomic E-state index is -1.90. The molecule has 0 bridgehead atoms. The van der Waals surface area contributed by atoms with Crippen molar-refractivity contribution in [1.82, 2.24) is 0 Å². The number of hydrogen-bond donors (Lipinski definition) is 0. The van der Waals surface area contributed by atoms with Crippen LogP contribution in [-0.2, 0) is 12.8 Å². The maximum atomic E-state index is 2.53. The summed E-state index contributed by atoms with van der Waals surface area (Å²) < 4.78 is 3.52. The second-order valence-electron chi connectivity index (χ2n) is 7.87. The van der Waals surface area contributed by atoms with E-state index in [9.17, 15) is 0 Å². The fraction of sp³-hybridized carbons (Fsp3) is 0.529. The summed E-state index contributed by atoms with van der Waals surface area (Å²) in [6, 6.07) is 4.83. The molecule has 0 N–H and O–H groups in total. The second-order valence-corrected chi connectivity index (χ2v) is 38.6. The van der Waals surface area contributed by atoms with Gasteiger partial charge in [0.25, 0.3) is 0 Å². The Morgan fingerprint density at radius 2 is 1.10 bits per heavy atom. The molecule has 0 atom stereocenters. The molecule has 4 heteroatoms. The summed E-state index contributed by atoms with van der Waals surface area (Å²) in [6.45, 7) is 0. The van der Waals surface area contributed by atoms with Crippen LogP contribution in [-0.4, -0.2) is 36.8 Å². The van der Waals surface area contributed by atoms with E-state index in [0.717, 1.165) is 0 Å². The van der Waals surface area contributed by atoms with Crippen molar-refractivity contribution in [2.45, 2.75) is 48.9 Å². The Morgan fingerprint density at radius 3 is 1.43 bits per heavy atom. The maximum absolute atomic E-state index is 2.53. The normalized spacial score (nSPS) is 12.9. The van der Waals surface area contributed by atoms with Crippen LogP contribution in [0.2, 0.25) is 29.6 Å². The average molecular weight is 534 g/mol. The Labute approximate surface area is 146 Å². The van der Waals surface area contributed by atoms with Gasteiger partial charge in [0.2, 0.25) is 0 Å². The van der Waals surface area contributed by atoms with E-state index >= 15 is 0 Å². The standard InChI is InChI=1S/C11H10S2.6CH3.2Sn/c1(4-10-6-2-8-12-10)5-11-7-3-9-13-11;;;;;;;;/h2-3,8-9H,1,4-5H2;6*1H3;;. The first kappa shape index (κ1) is 18.3. The molecule has 2 rings (SSSR count). The van der Waals surface area contributed by atoms with Crippen LogP contribution in [0, 0.1) is 0 Å². The number of thiophene rings is 2. The van der Waals surface area contributed by atoms with Crippen LogP contribution in [0.4, 0.5) is 0 Å². The molecular weight excluding hydrogens is 506 g/mol. The SMILES string of the molecule is [CH3][Sn]([CH3])([CH3])[c]1ccsc1CCCc1scc[c]1[Sn]([CH3])([CH3])[CH3]. The average Bonchev–Trinajstić information content (AvgIpc) is 2.94. The van der Waals surface area contributed by atoms with Crippen LogP contribution in [0.5, 0.6) is 0 Å². The van der Waals surface area contributed by atoms with Crippen LogP contribution < -0.4 is 7.16 Å². The molecule has 0 fully saturated rings. The van der Waals surface area contributed by atoms with Gasteiger partial charge in [0.1, 0.15) is 0 Å². The molecule has 0 aromatic carbocycles. The third-order valence-corrected chi connectivity index (χ3v) is 18.8. The van der Waals surface area contributed by atoms with Gasteiger partial charge in [0, 0.05) is 0 Å². The molecule has 0 aliphatic carbocycles. The minimum absolute atomic E-state index is 1.29. The van der Waals surface area contributed by atoms with Crippen molar-refractivity contribution < 1.29 is 0 Å². The third-order valence-electron chi connectivity index (χ3n) is 3.91. The molecule has 116 valence electrons. The predicted octanol–water partition coefficient (Wildman–Crippen LogP) is 5.08. The van der Waals surface area contributed by atoms with Crippen molar-refractivity contribution in [3.8, 4) is 0 Å². The van der Waals surface area contributed by atoms with Gasteiger partial charge in [0.15, 0.2) is 0 Å². The van der Waals surface area contributed by atoms with Crippen LogP contribution in [0.3, 0.4) is 0 Å². The molecule has 2 heterocycles. The number of aryl methyl sites for hydroxylation is 2. The third kappa shape index (κ3) is 4.98. The summed E-state index contributed by atoms with van der Waals surface area (Å²) in [5, 5.41) is 4.63. The first-order valence-electron chi connectivity index (χ1n) is 7.83. The Morgan fingerprint density at radius 1 is 0.714 bits per heavy atom. The summed E-state index contributed by atoms with van der Waals surface area (Å²) in [7, 11) is 0. The molecule has 21 heavy (non-hydrogen) atoms. The van der Waals surface area contributed by atoms with Gasteiger partial charge in [-0.15, -0.1) is 0 Å². The van der Waals surface area contributed by atoms with Gasteiger partial charge >= 0.3 is 148 Å². The number of hydrogen-bond acceptors (Lipinski definition) is 2. The molecule has 0 nitrogen and oxygen atoms in total. The molecule has 0 saturated heterocycles. The molecule has 0 aliphatic rings. The monoisotopic (exact) mass is 536 g/mol. The second kappa shape index (κ2) is 7.26. The van der Waals surface area contributed by atoms with E-state index in [4.69, 9.17) is 0 Å². The van der Waals surface area contributed by atoms with E-state index in [2.05, 4.69) is 52.5 Å². The van der Waals surface area contributed by atoms with E-state index < -0.39 is 36.8 Å². The van der Waals surface area contributed by atoms with Gasteiger partial charge in [-0.25, -0.2) is 0 Å². The Hall–Kier alpha value is 0.997. The van der Waals surface area contributed by atoms with E-state index in [1.54, 1.807) is 16.9 Å². The molecule has 0 amide bonds. The van der Waals surface area contributed by atoms with Gasteiger partial charge in [-0.3, -0.25) is 0 Å². The van der Waals surface area contributed by atoms with E-state index in [-0.39, 0.29) is 0 Å². The van der Waals surface area contributed by atoms with Gasteiger partial charge in [-0.1, -0.05) is 0 Å². The molecule has 0 saturated carbocycles. The van der Waals surface area contributed by atoms with Crippen molar-refractivity contribution in [3.63, 3.8) is 0 Å². The summed E-state index contributed by atoms with van der Waals surface area (Å²) in [6.07, 6.45) is 3.90. The van der Waals surface area contributed by atoms with Crippen LogP contribution in [0.15, 0.2) is 22.9 Å². The van der Waals surface area contributed by atoms with Crippen molar-refractivity contribution in [3.05, 3.63) is 32.6 Å². The molecular formula is C17H28S2Sn2. The summed E-state index contributed by atoms with van der Waals surface area (Å²) in [4.78, 5) is 18.6. The van der Waals surface area contributed by atoms with Crippen molar-refractivity contribution in [2.75, 3.05) is 0 Å². The molecule has 2 aromatic rings. The zero-order valence-electron chi connectivity index (χ0n) is 14.2. The molecule has 0 spiro atoms. The Kier molecular flexibility index (Phi) is 6.34. The predicted molar refractivity (Wildman–Crippen MR) is 107 cm³/mol. The van der Waals surface area contributed by atoms with Crippen LogP contribution in [0.25, 0.3) is 0 Å². The number of rotatable bonds is 6. The first-order chi connectivity index (χ1) is 9.69. The zero-order valence-corrected chi connectivity index (χ0v) is 21.6. The summed E-state index contributed by atoms with van der Waals surface area (Å²) in [5.74, 6) is 0. The Bertz CT molecular complexity index is 530. The van der Waals surface area contributed by atoms with Gasteiger partial charge in [-0.2, -0.15) is 0 Å². The quantitative estimate of drug-likeness (QED) is 0.455. The summed E-state index contributed by atoms with van der Waals surface area (Å²) >= 11 is 0.189. The Balaban J connectivity index is 2.00. The van der Waals surface area contributed by atoms with E-state index in [0.29, 0.717) is 0 Å². The van der Waals surface area contributed by atoms with Crippen LogP contribution >= 0.6 is 22.7 Å². The van der Waals surface area contributed by atoms with Gasteiger partial charge in [-0.05, 0) is 0 Å². The molecule has 2 aromatic heterocycles. The van der Waals surface area contributed by atoms with E-state index in [1.165, 1.54) is 19.3 Å². The molecule has 0 aliphatic heterocycles. The fourth-order valence-electron chi connectivity index (χ4n) is 2.81. The van der Waals surface area contributed by atoms with Crippen molar-refractivity contribution in [1.29, 1.82) is 0 Å². The van der Waals surface area contributed by atoms with Crippen molar-refractivity contribution in [2.24, 2.45) is 0 Å². The van der Waals surface area contributed by atoms with Gasteiger partial charge < -0.3 is 0 Å². The van der Waals surface area contributed by atoms with Crippen molar-refractivity contribution >= 4 is 66.6 Å². The topological polar surface area (TPSA) is 0 Å². The van der Waals surface area contributed by atoms with Crippen LogP contribution in [0.1, 0.15) is 16.2 Å².